The van der Waals surface area contributed by atoms with Crippen LogP contribution in [0.1, 0.15) is 15.9 Å². The van der Waals surface area contributed by atoms with E-state index in [2.05, 4.69) is 10.2 Å². The summed E-state index contributed by atoms with van der Waals surface area (Å²) < 4.78 is 25.9. The molecule has 0 aliphatic carbocycles. The number of amides is 1. The zero-order valence-electron chi connectivity index (χ0n) is 17.5. The number of anilines is 3. The minimum absolute atomic E-state index is 0.173. The fourth-order valence-corrected chi connectivity index (χ4v) is 5.05. The summed E-state index contributed by atoms with van der Waals surface area (Å²) in [6.45, 7) is 0. The van der Waals surface area contributed by atoms with Crippen molar-refractivity contribution < 1.29 is 13.2 Å². The lowest BCUT2D eigenvalue weighted by molar-refractivity contribution is 0.0981. The van der Waals surface area contributed by atoms with E-state index in [4.69, 9.17) is 0 Å². The highest BCUT2D eigenvalue weighted by atomic mass is 32.2. The van der Waals surface area contributed by atoms with Crippen LogP contribution in [0.15, 0.2) is 119 Å². The summed E-state index contributed by atoms with van der Waals surface area (Å²) in [5, 5.41) is 3.85. The SMILES string of the molecule is O=C1N/C(=C\S(=O)(=O)c2ccccc2)c2cc(N(c3ccccc3)c3ccccc3)ccc21. The maximum atomic E-state index is 12.9. The molecular formula is C27H20N2O3S. The molecule has 6 heteroatoms. The van der Waals surface area contributed by atoms with Crippen LogP contribution in [0.5, 0.6) is 0 Å². The fraction of sp³-hybridized carbons (Fsp3) is 0. The molecule has 5 rings (SSSR count). The van der Waals surface area contributed by atoms with E-state index in [1.54, 1.807) is 24.3 Å². The fourth-order valence-electron chi connectivity index (χ4n) is 3.88. The first-order valence-corrected chi connectivity index (χ1v) is 12.0. The second kappa shape index (κ2) is 8.41. The second-order valence-corrected chi connectivity index (χ2v) is 9.38. The van der Waals surface area contributed by atoms with E-state index in [9.17, 15) is 13.2 Å². The molecule has 1 heterocycles. The van der Waals surface area contributed by atoms with Crippen LogP contribution in [-0.4, -0.2) is 14.3 Å². The highest BCUT2D eigenvalue weighted by Crippen LogP contribution is 2.37. The Bertz CT molecular complexity index is 1410. The first kappa shape index (κ1) is 20.7. The van der Waals surface area contributed by atoms with Gasteiger partial charge in [-0.3, -0.25) is 4.79 Å². The van der Waals surface area contributed by atoms with Gasteiger partial charge >= 0.3 is 0 Å². The van der Waals surface area contributed by atoms with Gasteiger partial charge in [-0.1, -0.05) is 54.6 Å². The highest BCUT2D eigenvalue weighted by Gasteiger charge is 2.27. The molecule has 0 radical (unpaired) electrons. The van der Waals surface area contributed by atoms with Crippen molar-refractivity contribution in [3.05, 3.63) is 126 Å². The smallest absolute Gasteiger partial charge is 0.256 e. The Morgan fingerprint density at radius 1 is 0.636 bits per heavy atom. The molecule has 162 valence electrons. The lowest BCUT2D eigenvalue weighted by Crippen LogP contribution is -2.13. The lowest BCUT2D eigenvalue weighted by atomic mass is 10.1. The molecule has 0 saturated carbocycles. The normalized spacial score (nSPS) is 14.1. The number of benzene rings is 4. The van der Waals surface area contributed by atoms with E-state index in [1.807, 2.05) is 72.8 Å². The van der Waals surface area contributed by atoms with Crippen LogP contribution in [0.25, 0.3) is 5.70 Å². The van der Waals surface area contributed by atoms with Gasteiger partial charge in [0, 0.05) is 28.2 Å². The van der Waals surface area contributed by atoms with E-state index in [0.717, 1.165) is 22.5 Å². The van der Waals surface area contributed by atoms with Gasteiger partial charge in [0.25, 0.3) is 5.91 Å². The first-order valence-electron chi connectivity index (χ1n) is 10.4. The molecule has 33 heavy (non-hydrogen) atoms. The van der Waals surface area contributed by atoms with E-state index >= 15 is 0 Å². The van der Waals surface area contributed by atoms with Gasteiger partial charge in [-0.25, -0.2) is 8.42 Å². The van der Waals surface area contributed by atoms with Gasteiger partial charge in [0.1, 0.15) is 0 Å². The molecule has 0 saturated heterocycles. The summed E-state index contributed by atoms with van der Waals surface area (Å²) in [7, 11) is -3.74. The third-order valence-corrected chi connectivity index (χ3v) is 6.89. The number of hydrogen-bond acceptors (Lipinski definition) is 4. The number of sulfone groups is 1. The second-order valence-electron chi connectivity index (χ2n) is 7.58. The zero-order valence-corrected chi connectivity index (χ0v) is 18.4. The van der Waals surface area contributed by atoms with Crippen molar-refractivity contribution in [2.75, 3.05) is 4.90 Å². The van der Waals surface area contributed by atoms with Gasteiger partial charge in [-0.2, -0.15) is 0 Å². The molecule has 0 unspecified atom stereocenters. The van der Waals surface area contributed by atoms with Crippen LogP contribution in [0.2, 0.25) is 0 Å². The van der Waals surface area contributed by atoms with Crippen LogP contribution >= 0.6 is 0 Å². The molecule has 0 bridgehead atoms. The van der Waals surface area contributed by atoms with E-state index in [-0.39, 0.29) is 16.5 Å². The molecule has 1 N–H and O–H groups in total. The van der Waals surface area contributed by atoms with Crippen LogP contribution in [0.4, 0.5) is 17.1 Å². The van der Waals surface area contributed by atoms with Crippen LogP contribution in [0.3, 0.4) is 0 Å². The predicted molar refractivity (Wildman–Crippen MR) is 130 cm³/mol. The Balaban J connectivity index is 1.64. The Labute approximate surface area is 192 Å². The van der Waals surface area contributed by atoms with E-state index in [0.29, 0.717) is 11.1 Å². The molecule has 1 amide bonds. The summed E-state index contributed by atoms with van der Waals surface area (Å²) in [5.41, 5.74) is 3.96. The third kappa shape index (κ3) is 4.04. The minimum atomic E-state index is -3.74. The van der Waals surface area contributed by atoms with Gasteiger partial charge in [0.2, 0.25) is 9.84 Å². The number of para-hydroxylation sites is 2. The van der Waals surface area contributed by atoms with Gasteiger partial charge in [0.15, 0.2) is 0 Å². The van der Waals surface area contributed by atoms with Crippen molar-refractivity contribution in [1.82, 2.24) is 5.32 Å². The molecule has 0 aromatic heterocycles. The zero-order chi connectivity index (χ0) is 22.8. The van der Waals surface area contributed by atoms with Gasteiger partial charge < -0.3 is 10.2 Å². The Morgan fingerprint density at radius 3 is 1.76 bits per heavy atom. The molecule has 5 nitrogen and oxygen atoms in total. The van der Waals surface area contributed by atoms with Crippen LogP contribution < -0.4 is 10.2 Å². The largest absolute Gasteiger partial charge is 0.321 e. The summed E-state index contributed by atoms with van der Waals surface area (Å²) in [6.07, 6.45) is 0. The molecule has 0 fully saturated rings. The number of carbonyl (C=O) groups is 1. The minimum Gasteiger partial charge on any atom is -0.321 e. The molecule has 1 aliphatic heterocycles. The average Bonchev–Trinajstić information content (AvgIpc) is 3.15. The van der Waals surface area contributed by atoms with Crippen molar-refractivity contribution in [2.45, 2.75) is 4.90 Å². The van der Waals surface area contributed by atoms with Crippen molar-refractivity contribution in [1.29, 1.82) is 0 Å². The van der Waals surface area contributed by atoms with E-state index in [1.165, 1.54) is 12.1 Å². The number of carbonyl (C=O) groups excluding carboxylic acids is 1. The summed E-state index contributed by atoms with van der Waals surface area (Å²) in [4.78, 5) is 14.8. The lowest BCUT2D eigenvalue weighted by Gasteiger charge is -2.25. The van der Waals surface area contributed by atoms with Crippen molar-refractivity contribution in [3.8, 4) is 0 Å². The number of rotatable bonds is 5. The van der Waals surface area contributed by atoms with Crippen molar-refractivity contribution in [2.24, 2.45) is 0 Å². The summed E-state index contributed by atoms with van der Waals surface area (Å²) in [5.74, 6) is -0.322. The molecule has 4 aromatic carbocycles. The van der Waals surface area contributed by atoms with Gasteiger partial charge in [0.05, 0.1) is 16.0 Å². The number of fused-ring (bicyclic) bond motifs is 1. The topological polar surface area (TPSA) is 66.5 Å². The molecule has 4 aromatic rings. The van der Waals surface area contributed by atoms with Crippen LogP contribution in [0, 0.1) is 0 Å². The number of hydrogen-bond donors (Lipinski definition) is 1. The maximum Gasteiger partial charge on any atom is 0.256 e. The molecule has 1 aliphatic rings. The Kier molecular flexibility index (Phi) is 5.28. The predicted octanol–water partition coefficient (Wildman–Crippen LogP) is 5.67. The van der Waals surface area contributed by atoms with E-state index < -0.39 is 9.84 Å². The first-order chi connectivity index (χ1) is 16.0. The third-order valence-electron chi connectivity index (χ3n) is 5.42. The standard InChI is InChI=1S/C27H20N2O3S/c30-27-24-17-16-22(29(20-10-4-1-5-11-20)21-12-6-2-7-13-21)18-25(24)26(28-27)19-33(31,32)23-14-8-3-9-15-23/h1-19H,(H,28,30)/b26-19-. The Hall–Kier alpha value is -4.16. The van der Waals surface area contributed by atoms with Gasteiger partial charge in [-0.05, 0) is 54.6 Å². The summed E-state index contributed by atoms with van der Waals surface area (Å²) in [6, 6.07) is 33.4. The number of nitrogens with zero attached hydrogens (tertiary/aromatic N) is 1. The Morgan fingerprint density at radius 2 is 1.18 bits per heavy atom. The van der Waals surface area contributed by atoms with Crippen molar-refractivity contribution >= 4 is 38.5 Å². The highest BCUT2D eigenvalue weighted by molar-refractivity contribution is 7.94. The average molecular weight is 453 g/mol. The van der Waals surface area contributed by atoms with Crippen molar-refractivity contribution in [3.63, 3.8) is 0 Å². The molecule has 0 atom stereocenters. The monoisotopic (exact) mass is 452 g/mol. The van der Waals surface area contributed by atoms with Crippen LogP contribution in [-0.2, 0) is 9.84 Å². The molecule has 0 spiro atoms. The maximum absolute atomic E-state index is 12.9. The summed E-state index contributed by atoms with van der Waals surface area (Å²) >= 11 is 0. The molecular weight excluding hydrogens is 432 g/mol. The van der Waals surface area contributed by atoms with Gasteiger partial charge in [-0.15, -0.1) is 0 Å². The quantitative estimate of drug-likeness (QED) is 0.424. The number of nitrogens with one attached hydrogen (secondary N) is 1.